The number of esters is 9. The van der Waals surface area contributed by atoms with Crippen LogP contribution in [0.2, 0.25) is 0 Å². The molecule has 0 radical (unpaired) electrons. The third-order valence-electron chi connectivity index (χ3n) is 20.6. The highest BCUT2D eigenvalue weighted by molar-refractivity contribution is 7.91. The molecule has 3 N–H and O–H groups in total. The second-order valence-electron chi connectivity index (χ2n) is 32.2. The lowest BCUT2D eigenvalue weighted by atomic mass is 9.78. The van der Waals surface area contributed by atoms with Crippen LogP contribution in [0.3, 0.4) is 0 Å². The number of carbonyl (C=O) groups excluding carboxylic acids is 9. The number of benzene rings is 8. The smallest absolute Gasteiger partial charge is 0.330 e. The van der Waals surface area contributed by atoms with E-state index in [1.807, 2.05) is 121 Å². The van der Waals surface area contributed by atoms with Crippen molar-refractivity contribution >= 4 is 63.6 Å². The number of ether oxygens (including phenoxy) is 17. The molecule has 4 unspecified atom stereocenters. The van der Waals surface area contributed by atoms with Crippen molar-refractivity contribution in [3.05, 3.63) is 329 Å². The van der Waals surface area contributed by atoms with Crippen molar-refractivity contribution < 1.29 is 147 Å². The fourth-order valence-corrected chi connectivity index (χ4v) is 13.6. The molecule has 756 valence electrons. The lowest BCUT2D eigenvalue weighted by Crippen LogP contribution is -2.30. The van der Waals surface area contributed by atoms with Gasteiger partial charge in [-0.1, -0.05) is 187 Å². The van der Waals surface area contributed by atoms with E-state index in [4.69, 9.17) is 80.5 Å². The van der Waals surface area contributed by atoms with Crippen LogP contribution in [0.15, 0.2) is 305 Å². The van der Waals surface area contributed by atoms with Crippen LogP contribution in [-0.4, -0.2) is 208 Å². The minimum Gasteiger partial charge on any atom is -0.493 e. The molecule has 0 fully saturated rings. The molecule has 0 aliphatic heterocycles. The van der Waals surface area contributed by atoms with Crippen LogP contribution in [0.5, 0.6) is 46.0 Å². The largest absolute Gasteiger partial charge is 0.493 e. The van der Waals surface area contributed by atoms with E-state index < -0.39 is 82.0 Å². The first-order chi connectivity index (χ1) is 67.5. The first-order valence-corrected chi connectivity index (χ1v) is 46.6. The third-order valence-corrected chi connectivity index (χ3v) is 22.4. The van der Waals surface area contributed by atoms with Crippen LogP contribution in [0.25, 0.3) is 0 Å². The summed E-state index contributed by atoms with van der Waals surface area (Å²) in [6, 6.07) is 58.0. The van der Waals surface area contributed by atoms with Gasteiger partial charge in [-0.2, -0.15) is 0 Å². The molecule has 141 heavy (non-hydrogen) atoms. The zero-order valence-electron chi connectivity index (χ0n) is 80.8. The van der Waals surface area contributed by atoms with Gasteiger partial charge in [0.2, 0.25) is 9.84 Å². The Balaban J connectivity index is 0.000000333. The maximum atomic E-state index is 12.9. The Morgan fingerprint density at radius 3 is 0.745 bits per heavy atom. The minimum absolute atomic E-state index is 0.0236. The molecular weight excluding hydrogens is 1840 g/mol. The number of hydrogen-bond acceptors (Lipinski definition) is 31. The highest BCUT2D eigenvalue weighted by Gasteiger charge is 2.28. The Kier molecular flexibility index (Phi) is 52.0. The Morgan fingerprint density at radius 2 is 0.489 bits per heavy atom. The van der Waals surface area contributed by atoms with Crippen LogP contribution < -0.4 is 37.9 Å². The SMILES string of the molecule is C=CC(=O)OCC(O)COc1ccc(C(C)(C)c2ccc(OCC(COC(=O)C=C)OC(=O)CCCCC)cc2)cc1.C=CC(=O)OCC(O)COc1ccc(S(=O)(=O)c2ccc(OCC(O)COC(=O)C=C)cc2)cc1.C=CC(=O)OCCCOc1ccc(C(C)(C)c2ccc(OCCCOC(=O)C=C)cc2)cc1.C=CC(=O)OCCOc1ccc(C(C)(C)c2ccc(OCCOC(=O)C=C)cc2)cc1. The first-order valence-electron chi connectivity index (χ1n) is 45.2. The Bertz CT molecular complexity index is 5170. The van der Waals surface area contributed by atoms with Crippen molar-refractivity contribution in [1.29, 1.82) is 0 Å². The van der Waals surface area contributed by atoms with Gasteiger partial charge in [0.1, 0.15) is 144 Å². The summed E-state index contributed by atoms with van der Waals surface area (Å²) in [6.45, 7) is 42.7. The molecule has 0 heterocycles. The quantitative estimate of drug-likeness (QED) is 0.0138. The number of rotatable bonds is 59. The molecule has 4 atom stereocenters. The summed E-state index contributed by atoms with van der Waals surface area (Å²) >= 11 is 0. The second kappa shape index (κ2) is 62.9. The number of unbranched alkanes of at least 4 members (excludes halogenated alkanes) is 2. The molecule has 0 saturated heterocycles. The molecule has 0 amide bonds. The average molecular weight is 1970 g/mol. The van der Waals surface area contributed by atoms with Crippen molar-refractivity contribution in [2.24, 2.45) is 0 Å². The molecule has 0 aliphatic rings. The fraction of sp³-hybridized carbons (Fsp3) is 0.330. The Hall–Kier alpha value is -14.9. The Labute approximate surface area is 824 Å². The molecule has 0 aliphatic carbocycles. The summed E-state index contributed by atoms with van der Waals surface area (Å²) in [5.41, 5.74) is 5.89. The van der Waals surface area contributed by atoms with E-state index >= 15 is 0 Å². The summed E-state index contributed by atoms with van der Waals surface area (Å²) in [6.07, 6.45) is 8.93. The van der Waals surface area contributed by atoms with Gasteiger partial charge in [0.25, 0.3) is 0 Å². The monoisotopic (exact) mass is 1960 g/mol. The van der Waals surface area contributed by atoms with Gasteiger partial charge < -0.3 is 95.8 Å². The maximum Gasteiger partial charge on any atom is 0.330 e. The van der Waals surface area contributed by atoms with Crippen LogP contribution in [0, 0.1) is 0 Å². The zero-order valence-corrected chi connectivity index (χ0v) is 81.6. The molecule has 0 spiro atoms. The van der Waals surface area contributed by atoms with Gasteiger partial charge in [-0.25, -0.2) is 46.8 Å². The highest BCUT2D eigenvalue weighted by atomic mass is 32.2. The van der Waals surface area contributed by atoms with Crippen LogP contribution >= 0.6 is 0 Å². The minimum atomic E-state index is -3.82. The van der Waals surface area contributed by atoms with E-state index in [-0.39, 0.29) is 111 Å². The van der Waals surface area contributed by atoms with Crippen molar-refractivity contribution in [3.63, 3.8) is 0 Å². The van der Waals surface area contributed by atoms with Crippen molar-refractivity contribution in [2.75, 3.05) is 106 Å². The number of hydrogen-bond donors (Lipinski definition) is 3. The topological polar surface area (TPSA) is 405 Å². The molecule has 8 aromatic carbocycles. The van der Waals surface area contributed by atoms with Crippen LogP contribution in [0.1, 0.15) is 120 Å². The summed E-state index contributed by atoms with van der Waals surface area (Å²) < 4.78 is 115. The normalized spacial score (nSPS) is 11.7. The predicted octanol–water partition coefficient (Wildman–Crippen LogP) is 15.8. The summed E-state index contributed by atoms with van der Waals surface area (Å²) in [4.78, 5) is 101. The van der Waals surface area contributed by atoms with E-state index in [9.17, 15) is 66.9 Å². The molecule has 32 heteroatoms. The number of aliphatic hydroxyl groups excluding tert-OH is 3. The standard InChI is InChI=1S/C33H42O9.C27H32O6.C25H28O6.C24H26O10S/c1-6-9-10-11-32(37)42-29(23-41-31(36)8-3)22-39-28-18-14-25(15-19-28)33(4,5)24-12-16-27(17-13-24)38-20-26(34)21-40-30(35)7-2;1-5-25(28)32-19-7-17-30-23-13-9-21(10-14-23)27(3,4)22-11-15-24(16-12-22)31-18-8-20-33-26(29)6-2;1-5-23(26)30-17-15-28-21-11-7-19(8-12-21)25(3,4)20-9-13-22(14-10-20)29-16-18-31-24(27)6-2;1-3-23(27)33-15-17(25)13-31-19-5-9-21(10-6-19)35(29,30)22-11-7-20(8-12-22)32-14-18(26)16-34-24(28)4-2/h7-8,12-19,26,29,34H,2-3,6,9-11,20-23H2,1,4-5H3;5-6,9-16H,1-2,7-8,17-20H2,3-4H3;5-14H,1-2,15-18H2,3-4H3;3-12,17-18,25-26H,1-2,13-16H2. The summed E-state index contributed by atoms with van der Waals surface area (Å²) in [5.74, 6) is 0.0798. The van der Waals surface area contributed by atoms with Gasteiger partial charge in [0.05, 0.1) is 36.2 Å². The van der Waals surface area contributed by atoms with E-state index in [1.165, 1.54) is 48.5 Å². The van der Waals surface area contributed by atoms with Gasteiger partial charge >= 0.3 is 53.7 Å². The third kappa shape index (κ3) is 43.8. The highest BCUT2D eigenvalue weighted by Crippen LogP contribution is 2.37. The Morgan fingerprint density at radius 1 is 0.270 bits per heavy atom. The molecule has 8 rings (SSSR count). The lowest BCUT2D eigenvalue weighted by Gasteiger charge is -2.26. The van der Waals surface area contributed by atoms with Crippen molar-refractivity contribution in [1.82, 2.24) is 0 Å². The molecule has 0 saturated carbocycles. The summed E-state index contributed by atoms with van der Waals surface area (Å²) in [7, 11) is -3.82. The average Bonchev–Trinajstić information content (AvgIpc) is 0.811. The lowest BCUT2D eigenvalue weighted by molar-refractivity contribution is -0.158. The van der Waals surface area contributed by atoms with Crippen molar-refractivity contribution in [2.45, 2.75) is 137 Å². The van der Waals surface area contributed by atoms with Crippen LogP contribution in [-0.2, 0) is 112 Å². The molecular formula is C109H128O31S. The number of sulfone groups is 1. The van der Waals surface area contributed by atoms with E-state index in [1.54, 1.807) is 0 Å². The van der Waals surface area contributed by atoms with Gasteiger partial charge in [0, 0.05) is 84.1 Å². The second-order valence-corrected chi connectivity index (χ2v) is 34.1. The van der Waals surface area contributed by atoms with E-state index in [0.717, 1.165) is 113 Å². The van der Waals surface area contributed by atoms with E-state index in [0.29, 0.717) is 80.2 Å². The molecule has 0 bridgehead atoms. The maximum absolute atomic E-state index is 12.9. The van der Waals surface area contributed by atoms with Gasteiger partial charge in [-0.3, -0.25) is 4.79 Å². The number of aliphatic hydroxyl groups is 3. The first kappa shape index (κ1) is 117. The van der Waals surface area contributed by atoms with Gasteiger partial charge in [0.15, 0.2) is 6.10 Å². The zero-order chi connectivity index (χ0) is 104. The van der Waals surface area contributed by atoms with Gasteiger partial charge in [-0.15, -0.1) is 0 Å². The molecule has 8 aromatic rings. The van der Waals surface area contributed by atoms with Gasteiger partial charge in [-0.05, 0) is 161 Å². The molecule has 31 nitrogen and oxygen atoms in total. The fourth-order valence-electron chi connectivity index (χ4n) is 12.3. The molecule has 0 aromatic heterocycles. The van der Waals surface area contributed by atoms with Crippen LogP contribution in [0.4, 0.5) is 0 Å². The van der Waals surface area contributed by atoms with E-state index in [2.05, 4.69) is 125 Å². The summed E-state index contributed by atoms with van der Waals surface area (Å²) in [5, 5.41) is 29.4. The van der Waals surface area contributed by atoms with Crippen molar-refractivity contribution in [3.8, 4) is 46.0 Å². The number of carbonyl (C=O) groups is 9. The predicted molar refractivity (Wildman–Crippen MR) is 528 cm³/mol.